The average Bonchev–Trinajstić information content (AvgIpc) is 2.20. The number of urea groups is 1. The fourth-order valence-electron chi connectivity index (χ4n) is 3.31. The Balaban J connectivity index is 2.92. The van der Waals surface area contributed by atoms with Crippen LogP contribution in [0.1, 0.15) is 61.3 Å². The number of hydrogen-bond donors (Lipinski definition) is 2. The summed E-state index contributed by atoms with van der Waals surface area (Å²) in [7, 11) is 0. The Kier molecular flexibility index (Phi) is 4.90. The van der Waals surface area contributed by atoms with Gasteiger partial charge in [0.2, 0.25) is 0 Å². The number of carbonyl (C=O) groups excluding carboxylic acids is 1. The highest BCUT2D eigenvalue weighted by atomic mass is 16.2. The van der Waals surface area contributed by atoms with E-state index in [0.717, 1.165) is 12.8 Å². The highest BCUT2D eigenvalue weighted by Gasteiger charge is 2.46. The fourth-order valence-corrected chi connectivity index (χ4v) is 3.31. The van der Waals surface area contributed by atoms with Gasteiger partial charge in [0, 0.05) is 23.3 Å². The normalized spacial score (nSPS) is 23.1. The van der Waals surface area contributed by atoms with Crippen LogP contribution in [0.4, 0.5) is 4.79 Å². The average molecular weight is 281 g/mol. The number of piperidine rings is 1. The Morgan fingerprint density at radius 2 is 1.70 bits per heavy atom. The molecule has 20 heavy (non-hydrogen) atoms. The fraction of sp³-hybridized carbons (Fsp3) is 0.812. The molecule has 1 heterocycles. The maximum absolute atomic E-state index is 12.6. The lowest BCUT2D eigenvalue weighted by atomic mass is 9.77. The molecule has 0 atom stereocenters. The molecule has 2 amide bonds. The van der Waals surface area contributed by atoms with Crippen molar-refractivity contribution >= 4 is 6.03 Å². The van der Waals surface area contributed by atoms with Gasteiger partial charge in [-0.05, 0) is 53.4 Å². The minimum absolute atomic E-state index is 0.0353. The third kappa shape index (κ3) is 3.75. The van der Waals surface area contributed by atoms with E-state index < -0.39 is 0 Å². The Bertz CT molecular complexity index is 379. The van der Waals surface area contributed by atoms with Crippen molar-refractivity contribution in [1.82, 2.24) is 10.2 Å². The van der Waals surface area contributed by atoms with E-state index in [1.807, 2.05) is 18.0 Å². The summed E-state index contributed by atoms with van der Waals surface area (Å²) in [6.07, 6.45) is 3.49. The van der Waals surface area contributed by atoms with Gasteiger partial charge in [-0.2, -0.15) is 0 Å². The van der Waals surface area contributed by atoms with Crippen LogP contribution in [0.15, 0.2) is 11.8 Å². The largest absolute Gasteiger partial charge is 0.328 e. The lowest BCUT2D eigenvalue weighted by Gasteiger charge is -2.54. The van der Waals surface area contributed by atoms with E-state index in [1.54, 1.807) is 0 Å². The van der Waals surface area contributed by atoms with Gasteiger partial charge in [-0.3, -0.25) is 0 Å². The summed E-state index contributed by atoms with van der Waals surface area (Å²) >= 11 is 0. The first-order valence-corrected chi connectivity index (χ1v) is 7.50. The van der Waals surface area contributed by atoms with Crippen LogP contribution in [-0.2, 0) is 0 Å². The molecule has 116 valence electrons. The topological polar surface area (TPSA) is 58.4 Å². The molecule has 0 spiro atoms. The van der Waals surface area contributed by atoms with Crippen LogP contribution in [0, 0.1) is 5.92 Å². The first kappa shape index (κ1) is 17.0. The van der Waals surface area contributed by atoms with Gasteiger partial charge in [-0.15, -0.1) is 0 Å². The molecule has 0 unspecified atom stereocenters. The molecule has 4 heteroatoms. The molecule has 0 aromatic carbocycles. The molecule has 0 aliphatic carbocycles. The summed E-state index contributed by atoms with van der Waals surface area (Å²) in [5.41, 5.74) is 6.85. The zero-order valence-corrected chi connectivity index (χ0v) is 14.1. The Hall–Kier alpha value is -1.03. The highest BCUT2D eigenvalue weighted by Crippen LogP contribution is 2.37. The molecule has 0 aromatic heterocycles. The first-order valence-electron chi connectivity index (χ1n) is 7.50. The number of likely N-dealkylation sites (tertiary alicyclic amines) is 1. The predicted molar refractivity (Wildman–Crippen MR) is 84.3 cm³/mol. The van der Waals surface area contributed by atoms with Gasteiger partial charge in [-0.1, -0.05) is 19.4 Å². The van der Waals surface area contributed by atoms with E-state index in [4.69, 9.17) is 5.73 Å². The van der Waals surface area contributed by atoms with Crippen LogP contribution in [0.25, 0.3) is 0 Å². The van der Waals surface area contributed by atoms with Gasteiger partial charge >= 0.3 is 6.03 Å². The molecule has 1 saturated heterocycles. The Labute approximate surface area is 123 Å². The van der Waals surface area contributed by atoms with E-state index in [9.17, 15) is 4.79 Å². The first-order chi connectivity index (χ1) is 8.97. The van der Waals surface area contributed by atoms with Crippen LogP contribution in [-0.4, -0.2) is 28.1 Å². The molecule has 1 rings (SSSR count). The number of nitrogens with two attached hydrogens (primary N) is 1. The SMILES string of the molecule is C/C(=C\NC(=O)N1C(C)(C)CC(N)CC1(C)C)C(C)C. The van der Waals surface area contributed by atoms with Crippen LogP contribution in [0.2, 0.25) is 0 Å². The van der Waals surface area contributed by atoms with Crippen molar-refractivity contribution in [3.05, 3.63) is 11.8 Å². The monoisotopic (exact) mass is 281 g/mol. The minimum Gasteiger partial charge on any atom is -0.328 e. The molecular weight excluding hydrogens is 250 g/mol. The second kappa shape index (κ2) is 5.76. The number of nitrogens with one attached hydrogen (secondary N) is 1. The molecule has 3 N–H and O–H groups in total. The molecule has 1 aliphatic rings. The molecule has 1 aliphatic heterocycles. The van der Waals surface area contributed by atoms with E-state index in [1.165, 1.54) is 5.57 Å². The van der Waals surface area contributed by atoms with Crippen molar-refractivity contribution in [2.45, 2.75) is 78.4 Å². The lowest BCUT2D eigenvalue weighted by Crippen LogP contribution is -2.66. The molecule has 0 bridgehead atoms. The van der Waals surface area contributed by atoms with Crippen LogP contribution >= 0.6 is 0 Å². The third-order valence-corrected chi connectivity index (χ3v) is 4.27. The number of nitrogens with zero attached hydrogens (tertiary/aromatic N) is 1. The van der Waals surface area contributed by atoms with Crippen LogP contribution in [0.3, 0.4) is 0 Å². The quantitative estimate of drug-likeness (QED) is 0.816. The van der Waals surface area contributed by atoms with Gasteiger partial charge in [0.15, 0.2) is 0 Å². The molecule has 1 fully saturated rings. The highest BCUT2D eigenvalue weighted by molar-refractivity contribution is 5.77. The predicted octanol–water partition coefficient (Wildman–Crippen LogP) is 3.24. The minimum atomic E-state index is -0.231. The molecule has 4 nitrogen and oxygen atoms in total. The number of allylic oxidation sites excluding steroid dienone is 1. The standard InChI is InChI=1S/C16H31N3O/c1-11(2)12(3)10-18-14(20)19-15(4,5)8-13(17)9-16(19,6)7/h10-11,13H,8-9,17H2,1-7H3,(H,18,20)/b12-10+. The van der Waals surface area contributed by atoms with Crippen molar-refractivity contribution < 1.29 is 4.79 Å². The van der Waals surface area contributed by atoms with Gasteiger partial charge < -0.3 is 16.0 Å². The maximum atomic E-state index is 12.6. The van der Waals surface area contributed by atoms with Gasteiger partial charge in [0.05, 0.1) is 0 Å². The summed E-state index contributed by atoms with van der Waals surface area (Å²) in [6.45, 7) is 14.6. The summed E-state index contributed by atoms with van der Waals surface area (Å²) in [4.78, 5) is 14.5. The summed E-state index contributed by atoms with van der Waals surface area (Å²) < 4.78 is 0. The van der Waals surface area contributed by atoms with Gasteiger partial charge in [0.25, 0.3) is 0 Å². The number of carbonyl (C=O) groups is 1. The lowest BCUT2D eigenvalue weighted by molar-refractivity contribution is 0.00439. The van der Waals surface area contributed by atoms with Crippen molar-refractivity contribution in [3.63, 3.8) is 0 Å². The van der Waals surface area contributed by atoms with E-state index in [-0.39, 0.29) is 23.2 Å². The number of amides is 2. The molecule has 0 aromatic rings. The van der Waals surface area contributed by atoms with Gasteiger partial charge in [-0.25, -0.2) is 4.79 Å². The molecule has 0 saturated carbocycles. The summed E-state index contributed by atoms with van der Waals surface area (Å²) in [5, 5.41) is 2.94. The third-order valence-electron chi connectivity index (χ3n) is 4.27. The molecular formula is C16H31N3O. The van der Waals surface area contributed by atoms with E-state index in [2.05, 4.69) is 46.9 Å². The van der Waals surface area contributed by atoms with Crippen molar-refractivity contribution in [2.75, 3.05) is 0 Å². The van der Waals surface area contributed by atoms with Gasteiger partial charge in [0.1, 0.15) is 0 Å². The van der Waals surface area contributed by atoms with Crippen LogP contribution in [0.5, 0.6) is 0 Å². The van der Waals surface area contributed by atoms with Crippen molar-refractivity contribution in [3.8, 4) is 0 Å². The maximum Gasteiger partial charge on any atom is 0.322 e. The number of rotatable bonds is 2. The second-order valence-corrected chi connectivity index (χ2v) is 7.62. The Morgan fingerprint density at radius 3 is 2.10 bits per heavy atom. The summed E-state index contributed by atoms with van der Waals surface area (Å²) in [6, 6.07) is 0.115. The zero-order chi connectivity index (χ0) is 15.7. The zero-order valence-electron chi connectivity index (χ0n) is 14.1. The second-order valence-electron chi connectivity index (χ2n) is 7.62. The van der Waals surface area contributed by atoms with Crippen molar-refractivity contribution in [2.24, 2.45) is 11.7 Å². The van der Waals surface area contributed by atoms with E-state index >= 15 is 0 Å². The summed E-state index contributed by atoms with van der Waals surface area (Å²) in [5.74, 6) is 0.436. The molecule has 0 radical (unpaired) electrons. The van der Waals surface area contributed by atoms with E-state index in [0.29, 0.717) is 5.92 Å². The Morgan fingerprint density at radius 1 is 1.25 bits per heavy atom. The number of hydrogen-bond acceptors (Lipinski definition) is 2. The van der Waals surface area contributed by atoms with Crippen LogP contribution < -0.4 is 11.1 Å². The smallest absolute Gasteiger partial charge is 0.322 e. The van der Waals surface area contributed by atoms with Crippen molar-refractivity contribution in [1.29, 1.82) is 0 Å².